The van der Waals surface area contributed by atoms with Crippen LogP contribution in [0.5, 0.6) is 0 Å². The van der Waals surface area contributed by atoms with Gasteiger partial charge in [0.15, 0.2) is 5.03 Å². The average molecular weight is 327 g/mol. The van der Waals surface area contributed by atoms with Gasteiger partial charge in [-0.1, -0.05) is 0 Å². The number of nitrogens with zero attached hydrogens (tertiary/aromatic N) is 5. The molecule has 1 fully saturated rings. The number of aromatic nitrogens is 4. The molecular formula is C12H17N5O4S. The minimum atomic E-state index is -3.68. The fourth-order valence-electron chi connectivity index (χ4n) is 2.50. The maximum atomic E-state index is 12.7. The van der Waals surface area contributed by atoms with Gasteiger partial charge in [0.05, 0.1) is 6.33 Å². The molecule has 1 aliphatic rings. The Morgan fingerprint density at radius 1 is 1.45 bits per heavy atom. The van der Waals surface area contributed by atoms with Gasteiger partial charge in [0.25, 0.3) is 10.0 Å². The van der Waals surface area contributed by atoms with Crippen molar-refractivity contribution in [2.75, 3.05) is 13.7 Å². The lowest BCUT2D eigenvalue weighted by Crippen LogP contribution is -2.31. The van der Waals surface area contributed by atoms with Crippen molar-refractivity contribution in [1.29, 1.82) is 0 Å². The lowest BCUT2D eigenvalue weighted by atomic mass is 10.2. The number of hydrogen-bond acceptors (Lipinski definition) is 7. The number of rotatable bonds is 5. The summed E-state index contributed by atoms with van der Waals surface area (Å²) < 4.78 is 38.8. The summed E-state index contributed by atoms with van der Waals surface area (Å²) in [5.74, 6) is 0.628. The molecule has 120 valence electrons. The molecule has 3 heterocycles. The Kier molecular flexibility index (Phi) is 3.98. The van der Waals surface area contributed by atoms with Crippen LogP contribution in [-0.4, -0.2) is 46.1 Å². The Morgan fingerprint density at radius 2 is 2.27 bits per heavy atom. The first-order chi connectivity index (χ1) is 10.5. The highest BCUT2D eigenvalue weighted by Gasteiger charge is 2.40. The normalized spacial score (nSPS) is 19.8. The molecule has 10 heteroatoms. The van der Waals surface area contributed by atoms with Crippen molar-refractivity contribution < 1.29 is 17.6 Å². The van der Waals surface area contributed by atoms with Gasteiger partial charge in [-0.15, -0.1) is 10.2 Å². The molecule has 0 amide bonds. The van der Waals surface area contributed by atoms with E-state index in [0.29, 0.717) is 24.7 Å². The van der Waals surface area contributed by atoms with E-state index in [1.807, 2.05) is 0 Å². The Morgan fingerprint density at radius 3 is 2.95 bits per heavy atom. The third-order valence-electron chi connectivity index (χ3n) is 3.49. The van der Waals surface area contributed by atoms with Gasteiger partial charge in [0.1, 0.15) is 12.6 Å². The number of methoxy groups -OCH3 is 1. The monoisotopic (exact) mass is 327 g/mol. The van der Waals surface area contributed by atoms with Crippen molar-refractivity contribution in [2.24, 2.45) is 7.05 Å². The standard InChI is InChI=1S/C12H17N5O4S/c1-16-6-11(13-8-16)22(18,19)17-5-3-4-9(17)12-15-14-10(21-12)7-20-2/h6,8-9H,3-5,7H2,1-2H3/t9-/m0/s1. The van der Waals surface area contributed by atoms with Crippen LogP contribution >= 0.6 is 0 Å². The fourth-order valence-corrected chi connectivity index (χ4v) is 4.12. The first-order valence-corrected chi connectivity index (χ1v) is 8.27. The van der Waals surface area contributed by atoms with Crippen molar-refractivity contribution >= 4 is 10.0 Å². The van der Waals surface area contributed by atoms with Crippen molar-refractivity contribution in [3.05, 3.63) is 24.3 Å². The van der Waals surface area contributed by atoms with Crippen LogP contribution in [0, 0.1) is 0 Å². The van der Waals surface area contributed by atoms with Crippen LogP contribution in [0.25, 0.3) is 0 Å². The maximum absolute atomic E-state index is 12.7. The molecule has 0 bridgehead atoms. The summed E-state index contributed by atoms with van der Waals surface area (Å²) in [5, 5.41) is 7.84. The first kappa shape index (κ1) is 15.1. The van der Waals surface area contributed by atoms with Crippen LogP contribution in [0.3, 0.4) is 0 Å². The molecule has 2 aromatic rings. The molecule has 0 spiro atoms. The Hall–Kier alpha value is -1.78. The minimum absolute atomic E-state index is 0.0264. The van der Waals surface area contributed by atoms with Gasteiger partial charge >= 0.3 is 0 Å². The fraction of sp³-hybridized carbons (Fsp3) is 0.583. The van der Waals surface area contributed by atoms with E-state index in [9.17, 15) is 8.42 Å². The van der Waals surface area contributed by atoms with Gasteiger partial charge in [-0.3, -0.25) is 0 Å². The van der Waals surface area contributed by atoms with E-state index < -0.39 is 16.1 Å². The summed E-state index contributed by atoms with van der Waals surface area (Å²) in [4.78, 5) is 3.94. The summed E-state index contributed by atoms with van der Waals surface area (Å²) in [7, 11) is -0.426. The van der Waals surface area contributed by atoms with Crippen LogP contribution < -0.4 is 0 Å². The number of hydrogen-bond donors (Lipinski definition) is 0. The van der Waals surface area contributed by atoms with E-state index >= 15 is 0 Å². The molecule has 1 atom stereocenters. The molecule has 3 rings (SSSR count). The van der Waals surface area contributed by atoms with Gasteiger partial charge in [0, 0.05) is 26.9 Å². The second-order valence-electron chi connectivity index (χ2n) is 5.12. The summed E-state index contributed by atoms with van der Waals surface area (Å²) >= 11 is 0. The summed E-state index contributed by atoms with van der Waals surface area (Å²) in [6, 6.07) is -0.454. The molecular weight excluding hydrogens is 310 g/mol. The number of sulfonamides is 1. The summed E-state index contributed by atoms with van der Waals surface area (Å²) in [6.07, 6.45) is 4.32. The van der Waals surface area contributed by atoms with Gasteiger partial charge in [-0.25, -0.2) is 13.4 Å². The lowest BCUT2D eigenvalue weighted by Gasteiger charge is -2.20. The number of imidazole rings is 1. The first-order valence-electron chi connectivity index (χ1n) is 6.83. The lowest BCUT2D eigenvalue weighted by molar-refractivity contribution is 0.155. The zero-order chi connectivity index (χ0) is 15.7. The molecule has 0 aromatic carbocycles. The molecule has 0 N–H and O–H groups in total. The van der Waals surface area contributed by atoms with Crippen LogP contribution in [0.4, 0.5) is 0 Å². The third-order valence-corrected chi connectivity index (χ3v) is 5.29. The van der Waals surface area contributed by atoms with E-state index in [1.54, 1.807) is 11.6 Å². The average Bonchev–Trinajstić information content (AvgIpc) is 3.17. The summed E-state index contributed by atoms with van der Waals surface area (Å²) in [5.41, 5.74) is 0. The molecule has 9 nitrogen and oxygen atoms in total. The van der Waals surface area contributed by atoms with Crippen molar-refractivity contribution in [1.82, 2.24) is 24.1 Å². The van der Waals surface area contributed by atoms with E-state index in [0.717, 1.165) is 6.42 Å². The Labute approximate surface area is 128 Å². The van der Waals surface area contributed by atoms with Crippen molar-refractivity contribution in [2.45, 2.75) is 30.5 Å². The highest BCUT2D eigenvalue weighted by atomic mass is 32.2. The Balaban J connectivity index is 1.89. The van der Waals surface area contributed by atoms with Gasteiger partial charge in [-0.05, 0) is 12.8 Å². The highest BCUT2D eigenvalue weighted by molar-refractivity contribution is 7.89. The highest BCUT2D eigenvalue weighted by Crippen LogP contribution is 2.35. The number of aryl methyl sites for hydroxylation is 1. The van der Waals surface area contributed by atoms with Crippen molar-refractivity contribution in [3.8, 4) is 0 Å². The van der Waals surface area contributed by atoms with Crippen molar-refractivity contribution in [3.63, 3.8) is 0 Å². The molecule has 22 heavy (non-hydrogen) atoms. The van der Waals surface area contributed by atoms with Gasteiger partial charge in [-0.2, -0.15) is 4.31 Å². The van der Waals surface area contributed by atoms with Gasteiger partial charge in [0.2, 0.25) is 11.8 Å². The molecule has 0 unspecified atom stereocenters. The largest absolute Gasteiger partial charge is 0.421 e. The summed E-state index contributed by atoms with van der Waals surface area (Å²) in [6.45, 7) is 0.609. The van der Waals surface area contributed by atoms with Crippen LogP contribution in [0.2, 0.25) is 0 Å². The quantitative estimate of drug-likeness (QED) is 0.786. The van der Waals surface area contributed by atoms with E-state index in [2.05, 4.69) is 15.2 Å². The Bertz CT molecular complexity index is 753. The van der Waals surface area contributed by atoms with E-state index in [-0.39, 0.29) is 11.6 Å². The van der Waals surface area contributed by atoms with Gasteiger partial charge < -0.3 is 13.7 Å². The molecule has 0 saturated carbocycles. The van der Waals surface area contributed by atoms with Crippen LogP contribution in [-0.2, 0) is 28.4 Å². The van der Waals surface area contributed by atoms with Crippen LogP contribution in [0.1, 0.15) is 30.7 Å². The molecule has 1 aliphatic heterocycles. The van der Waals surface area contributed by atoms with E-state index in [1.165, 1.54) is 23.9 Å². The zero-order valence-corrected chi connectivity index (χ0v) is 13.2. The second-order valence-corrected chi connectivity index (χ2v) is 6.96. The minimum Gasteiger partial charge on any atom is -0.421 e. The second kappa shape index (κ2) is 5.78. The maximum Gasteiger partial charge on any atom is 0.262 e. The molecule has 1 saturated heterocycles. The third kappa shape index (κ3) is 2.64. The predicted molar refractivity (Wildman–Crippen MR) is 74.1 cm³/mol. The zero-order valence-electron chi connectivity index (χ0n) is 12.3. The predicted octanol–water partition coefficient (Wildman–Crippen LogP) is 0.475. The molecule has 0 radical (unpaired) electrons. The number of ether oxygens (including phenoxy) is 1. The molecule has 2 aromatic heterocycles. The van der Waals surface area contributed by atoms with Crippen LogP contribution in [0.15, 0.2) is 22.0 Å². The van der Waals surface area contributed by atoms with E-state index in [4.69, 9.17) is 9.15 Å². The molecule has 0 aliphatic carbocycles. The topological polar surface area (TPSA) is 103 Å². The SMILES string of the molecule is COCc1nnc([C@@H]2CCCN2S(=O)(=O)c2cn(C)cn2)o1. The smallest absolute Gasteiger partial charge is 0.262 e.